The lowest BCUT2D eigenvalue weighted by molar-refractivity contribution is -0.113. The maximum Gasteiger partial charge on any atom is 0.221 e. The molecule has 0 aromatic rings. The fourth-order valence-electron chi connectivity index (χ4n) is 1.73. The normalized spacial score (nSPS) is 13.9. The van der Waals surface area contributed by atoms with Crippen LogP contribution in [-0.2, 0) is 4.79 Å². The second-order valence-corrected chi connectivity index (χ2v) is 4.43. The molecule has 0 heterocycles. The van der Waals surface area contributed by atoms with E-state index >= 15 is 0 Å². The van der Waals surface area contributed by atoms with E-state index in [1.165, 1.54) is 0 Å². The molecule has 0 rings (SSSR count). The minimum Gasteiger partial charge on any atom is -0.291 e. The average molecular weight is 264 g/mol. The van der Waals surface area contributed by atoms with E-state index in [9.17, 15) is 4.79 Å². The Balaban J connectivity index is 4.27. The molecule has 0 radical (unpaired) electrons. The molecular weight excluding hydrogens is 236 g/mol. The molecule has 0 saturated carbocycles. The highest BCUT2D eigenvalue weighted by Gasteiger charge is 2.09. The third-order valence-corrected chi connectivity index (χ3v) is 2.82. The van der Waals surface area contributed by atoms with Gasteiger partial charge >= 0.3 is 0 Å². The number of hydrogen-bond donors (Lipinski definition) is 1. The van der Waals surface area contributed by atoms with Gasteiger partial charge in [-0.2, -0.15) is 0 Å². The number of nitrogens with zero attached hydrogens (tertiary/aromatic N) is 1. The first-order valence-corrected chi connectivity index (χ1v) is 7.15. The minimum atomic E-state index is 0.238. The lowest BCUT2D eigenvalue weighted by atomic mass is 10.1. The highest BCUT2D eigenvalue weighted by Crippen LogP contribution is 2.07. The molecule has 1 N–H and O–H groups in total. The Hall–Kier alpha value is -1.35. The molecule has 0 aliphatic carbocycles. The Kier molecular flexibility index (Phi) is 12.2. The number of likely N-dealkylation sites (N-methyl/N-ethyl adjacent to an activating group) is 1. The lowest BCUT2D eigenvalue weighted by Gasteiger charge is -2.23. The van der Waals surface area contributed by atoms with E-state index in [4.69, 9.17) is 0 Å². The van der Waals surface area contributed by atoms with Crippen molar-refractivity contribution in [3.05, 3.63) is 36.5 Å². The molecule has 0 aliphatic rings. The van der Waals surface area contributed by atoms with Crippen molar-refractivity contribution in [2.75, 3.05) is 7.05 Å². The number of hydrogen-bond acceptors (Lipinski definition) is 2. The zero-order valence-electron chi connectivity index (χ0n) is 12.5. The van der Waals surface area contributed by atoms with Gasteiger partial charge in [-0.1, -0.05) is 50.3 Å². The molecule has 0 aromatic heterocycles. The van der Waals surface area contributed by atoms with Crippen LogP contribution in [0.15, 0.2) is 36.5 Å². The van der Waals surface area contributed by atoms with Gasteiger partial charge in [-0.15, -0.1) is 0 Å². The van der Waals surface area contributed by atoms with E-state index in [0.29, 0.717) is 0 Å². The van der Waals surface area contributed by atoms with Crippen LogP contribution in [0.4, 0.5) is 0 Å². The highest BCUT2D eigenvalue weighted by atomic mass is 16.1. The summed E-state index contributed by atoms with van der Waals surface area (Å²) in [4.78, 5) is 10.5. The van der Waals surface area contributed by atoms with E-state index in [-0.39, 0.29) is 6.04 Å². The zero-order valence-corrected chi connectivity index (χ0v) is 12.5. The molecule has 0 fully saturated rings. The topological polar surface area (TPSA) is 32.3 Å². The van der Waals surface area contributed by atoms with Crippen molar-refractivity contribution in [3.63, 3.8) is 0 Å². The Morgan fingerprint density at radius 2 is 1.74 bits per heavy atom. The number of rotatable bonds is 11. The second-order valence-electron chi connectivity index (χ2n) is 4.43. The first kappa shape index (κ1) is 17.6. The van der Waals surface area contributed by atoms with E-state index in [2.05, 4.69) is 55.7 Å². The van der Waals surface area contributed by atoms with E-state index in [1.54, 1.807) is 0 Å². The van der Waals surface area contributed by atoms with Gasteiger partial charge in [0.05, 0.1) is 0 Å². The maximum atomic E-state index is 10.5. The summed E-state index contributed by atoms with van der Waals surface area (Å²) >= 11 is 0. The van der Waals surface area contributed by atoms with Crippen molar-refractivity contribution in [1.82, 2.24) is 10.4 Å². The summed E-state index contributed by atoms with van der Waals surface area (Å²) in [6.07, 6.45) is 18.9. The predicted octanol–water partition coefficient (Wildman–Crippen LogP) is 3.61. The van der Waals surface area contributed by atoms with Crippen molar-refractivity contribution < 1.29 is 4.79 Å². The van der Waals surface area contributed by atoms with Crippen LogP contribution < -0.4 is 5.43 Å². The average Bonchev–Trinajstić information content (AvgIpc) is 2.41. The van der Waals surface area contributed by atoms with Gasteiger partial charge in [-0.05, 0) is 32.1 Å². The summed E-state index contributed by atoms with van der Waals surface area (Å²) in [6, 6.07) is 0.238. The zero-order chi connectivity index (χ0) is 14.3. The highest BCUT2D eigenvalue weighted by molar-refractivity contribution is 5.45. The summed E-state index contributed by atoms with van der Waals surface area (Å²) in [5.41, 5.74) is 2.70. The number of carbonyl (C=O) groups excluding carboxylic acids is 1. The van der Waals surface area contributed by atoms with E-state index < -0.39 is 0 Å². The van der Waals surface area contributed by atoms with Gasteiger partial charge in [0.15, 0.2) is 0 Å². The Bertz CT molecular complexity index is 295. The number of nitrogens with one attached hydrogen (secondary N) is 1. The molecule has 0 bridgehead atoms. The molecular formula is C16H28N2O. The van der Waals surface area contributed by atoms with Gasteiger partial charge in [0.1, 0.15) is 0 Å². The number of allylic oxidation sites excluding steroid dienone is 5. The number of carbonyl (C=O) groups is 1. The van der Waals surface area contributed by atoms with Crippen LogP contribution in [0.25, 0.3) is 0 Å². The fraction of sp³-hybridized carbons (Fsp3) is 0.562. The quantitative estimate of drug-likeness (QED) is 0.351. The van der Waals surface area contributed by atoms with Gasteiger partial charge in [-0.25, -0.2) is 5.01 Å². The molecule has 19 heavy (non-hydrogen) atoms. The lowest BCUT2D eigenvalue weighted by Crippen LogP contribution is -2.40. The van der Waals surface area contributed by atoms with Crippen molar-refractivity contribution in [3.8, 4) is 0 Å². The van der Waals surface area contributed by atoms with Gasteiger partial charge in [0.2, 0.25) is 6.41 Å². The molecule has 3 heteroatoms. The van der Waals surface area contributed by atoms with E-state index in [0.717, 1.165) is 38.5 Å². The largest absolute Gasteiger partial charge is 0.291 e. The maximum absolute atomic E-state index is 10.5. The predicted molar refractivity (Wildman–Crippen MR) is 82.6 cm³/mol. The van der Waals surface area contributed by atoms with Gasteiger partial charge in [0, 0.05) is 13.1 Å². The third-order valence-electron chi connectivity index (χ3n) is 2.82. The van der Waals surface area contributed by atoms with Crippen molar-refractivity contribution in [1.29, 1.82) is 0 Å². The molecule has 0 aromatic carbocycles. The summed E-state index contributed by atoms with van der Waals surface area (Å²) in [5, 5.41) is 1.85. The van der Waals surface area contributed by atoms with Crippen molar-refractivity contribution in [2.45, 2.75) is 52.0 Å². The molecule has 1 unspecified atom stereocenters. The Morgan fingerprint density at radius 1 is 1.05 bits per heavy atom. The first-order valence-electron chi connectivity index (χ1n) is 7.15. The third kappa shape index (κ3) is 10.3. The van der Waals surface area contributed by atoms with Crippen LogP contribution >= 0.6 is 0 Å². The fourth-order valence-corrected chi connectivity index (χ4v) is 1.73. The van der Waals surface area contributed by atoms with Crippen LogP contribution in [0.5, 0.6) is 0 Å². The van der Waals surface area contributed by atoms with Crippen LogP contribution in [0, 0.1) is 0 Å². The van der Waals surface area contributed by atoms with Crippen molar-refractivity contribution in [2.24, 2.45) is 0 Å². The summed E-state index contributed by atoms with van der Waals surface area (Å²) < 4.78 is 0. The second kappa shape index (κ2) is 13.1. The van der Waals surface area contributed by atoms with Gasteiger partial charge in [-0.3, -0.25) is 10.2 Å². The molecule has 108 valence electrons. The Morgan fingerprint density at radius 3 is 2.37 bits per heavy atom. The minimum absolute atomic E-state index is 0.238. The standard InChI is InChI=1S/C16H28N2O/c1-4-6-8-10-12-14-16(18(3)17-15-19)13-11-9-7-5-2/h6-9,12,14-16H,4-5,10-11,13H2,1-3H3,(H,17,19)/b8-6+,9-7+,14-12+. The molecule has 3 nitrogen and oxygen atoms in total. The monoisotopic (exact) mass is 264 g/mol. The smallest absolute Gasteiger partial charge is 0.221 e. The van der Waals surface area contributed by atoms with Crippen LogP contribution in [0.3, 0.4) is 0 Å². The van der Waals surface area contributed by atoms with Crippen LogP contribution in [-0.4, -0.2) is 24.5 Å². The molecule has 0 saturated heterocycles. The molecule has 1 amide bonds. The summed E-state index contributed by atoms with van der Waals surface area (Å²) in [7, 11) is 1.90. The Labute approximate surface area is 118 Å². The van der Waals surface area contributed by atoms with Crippen LogP contribution in [0.2, 0.25) is 0 Å². The molecule has 1 atom stereocenters. The van der Waals surface area contributed by atoms with E-state index in [1.807, 2.05) is 12.1 Å². The van der Waals surface area contributed by atoms with Crippen LogP contribution in [0.1, 0.15) is 46.0 Å². The summed E-state index contributed by atoms with van der Waals surface area (Å²) in [6.45, 7) is 4.26. The molecule has 0 spiro atoms. The number of amides is 1. The molecule has 0 aliphatic heterocycles. The van der Waals surface area contributed by atoms with Crippen molar-refractivity contribution >= 4 is 6.41 Å². The van der Waals surface area contributed by atoms with Gasteiger partial charge in [0.25, 0.3) is 0 Å². The SMILES string of the molecule is CC/C=C/C/C=C/C(CC/C=C/CC)N(C)NC=O. The number of hydrazine groups is 1. The van der Waals surface area contributed by atoms with Gasteiger partial charge < -0.3 is 0 Å². The summed E-state index contributed by atoms with van der Waals surface area (Å²) in [5.74, 6) is 0. The first-order chi connectivity index (χ1) is 9.26.